The van der Waals surface area contributed by atoms with E-state index in [4.69, 9.17) is 9.47 Å². The van der Waals surface area contributed by atoms with Crippen molar-refractivity contribution in [3.8, 4) is 11.5 Å². The Kier molecular flexibility index (Phi) is 8.40. The first-order valence-corrected chi connectivity index (χ1v) is 13.2. The first-order chi connectivity index (χ1) is 16.7. The van der Waals surface area contributed by atoms with Crippen LogP contribution in [-0.2, 0) is 29.5 Å². The summed E-state index contributed by atoms with van der Waals surface area (Å²) < 4.78 is 37.3. The maximum atomic E-state index is 12.7. The van der Waals surface area contributed by atoms with Crippen molar-refractivity contribution in [3.63, 3.8) is 0 Å². The zero-order chi connectivity index (χ0) is 25.6. The van der Waals surface area contributed by atoms with Gasteiger partial charge >= 0.3 is 0 Å². The Morgan fingerprint density at radius 1 is 0.943 bits per heavy atom. The van der Waals surface area contributed by atoms with Crippen molar-refractivity contribution in [2.45, 2.75) is 33.4 Å². The molecule has 1 N–H and O–H groups in total. The van der Waals surface area contributed by atoms with Crippen LogP contribution in [0.15, 0.2) is 60.7 Å². The first-order valence-electron chi connectivity index (χ1n) is 11.3. The van der Waals surface area contributed by atoms with E-state index in [1.165, 1.54) is 10.6 Å². The van der Waals surface area contributed by atoms with Crippen molar-refractivity contribution < 1.29 is 22.7 Å². The molecule has 35 heavy (non-hydrogen) atoms. The smallest absolute Gasteiger partial charge is 0.251 e. The number of anilines is 1. The van der Waals surface area contributed by atoms with Gasteiger partial charge in [0.25, 0.3) is 5.91 Å². The highest BCUT2D eigenvalue weighted by Crippen LogP contribution is 2.30. The second-order valence-electron chi connectivity index (χ2n) is 8.27. The average molecular weight is 497 g/mol. The number of methoxy groups -OCH3 is 2. The minimum absolute atomic E-state index is 0.185. The van der Waals surface area contributed by atoms with Gasteiger partial charge in [0.05, 0.1) is 32.7 Å². The number of aryl methyl sites for hydroxylation is 2. The summed E-state index contributed by atoms with van der Waals surface area (Å²) in [6.07, 6.45) is 1.94. The molecule has 0 spiro atoms. The Bertz CT molecular complexity index is 1290. The van der Waals surface area contributed by atoms with E-state index in [2.05, 4.69) is 5.32 Å². The molecule has 0 saturated carbocycles. The number of carbonyl (C=O) groups is 1. The van der Waals surface area contributed by atoms with Gasteiger partial charge in [-0.25, -0.2) is 8.42 Å². The number of benzene rings is 3. The van der Waals surface area contributed by atoms with Crippen molar-refractivity contribution in [2.75, 3.05) is 24.8 Å². The Labute approximate surface area is 207 Å². The Morgan fingerprint density at radius 3 is 2.20 bits per heavy atom. The number of sulfonamides is 1. The van der Waals surface area contributed by atoms with Crippen LogP contribution in [0.5, 0.6) is 11.5 Å². The highest BCUT2D eigenvalue weighted by atomic mass is 32.2. The monoisotopic (exact) mass is 496 g/mol. The molecule has 0 fully saturated rings. The summed E-state index contributed by atoms with van der Waals surface area (Å²) in [7, 11) is -0.377. The number of para-hydroxylation sites is 1. The highest BCUT2D eigenvalue weighted by molar-refractivity contribution is 7.92. The number of ether oxygens (including phenoxy) is 2. The standard InChI is InChI=1S/C27H32N2O5S/c1-6-22-9-7-8-19(2)26(22)29(35(5,31)32)18-20-10-13-23(14-11-20)27(30)28-17-21-12-15-24(33-3)25(16-21)34-4/h7-16H,6,17-18H2,1-5H3,(H,28,30). The number of hydrogen-bond donors (Lipinski definition) is 1. The van der Waals surface area contributed by atoms with Gasteiger partial charge in [-0.3, -0.25) is 9.10 Å². The number of hydrogen-bond acceptors (Lipinski definition) is 5. The molecule has 0 atom stereocenters. The zero-order valence-electron chi connectivity index (χ0n) is 20.8. The van der Waals surface area contributed by atoms with Crippen molar-refractivity contribution in [2.24, 2.45) is 0 Å². The molecule has 0 radical (unpaired) electrons. The lowest BCUT2D eigenvalue weighted by molar-refractivity contribution is 0.0951. The SMILES string of the molecule is CCc1cccc(C)c1N(Cc1ccc(C(=O)NCc2ccc(OC)c(OC)c2)cc1)S(C)(=O)=O. The summed E-state index contributed by atoms with van der Waals surface area (Å²) >= 11 is 0. The normalized spacial score (nSPS) is 11.1. The van der Waals surface area contributed by atoms with E-state index in [1.807, 2.05) is 44.2 Å². The number of rotatable bonds is 10. The van der Waals surface area contributed by atoms with Crippen LogP contribution in [0.1, 0.15) is 39.5 Å². The fourth-order valence-corrected chi connectivity index (χ4v) is 4.90. The van der Waals surface area contributed by atoms with Crippen LogP contribution in [0.4, 0.5) is 5.69 Å². The second kappa shape index (κ2) is 11.3. The average Bonchev–Trinajstić information content (AvgIpc) is 2.85. The van der Waals surface area contributed by atoms with Gasteiger partial charge in [-0.15, -0.1) is 0 Å². The van der Waals surface area contributed by atoms with Crippen LogP contribution in [-0.4, -0.2) is 34.8 Å². The summed E-state index contributed by atoms with van der Waals surface area (Å²) in [6.45, 7) is 4.44. The van der Waals surface area contributed by atoms with Crippen LogP contribution in [0.3, 0.4) is 0 Å². The fraction of sp³-hybridized carbons (Fsp3) is 0.296. The Morgan fingerprint density at radius 2 is 1.60 bits per heavy atom. The zero-order valence-corrected chi connectivity index (χ0v) is 21.6. The maximum absolute atomic E-state index is 12.7. The molecule has 3 rings (SSSR count). The number of nitrogens with one attached hydrogen (secondary N) is 1. The molecule has 0 aliphatic rings. The number of amides is 1. The Hall–Kier alpha value is -3.52. The predicted octanol–water partition coefficient (Wildman–Crippen LogP) is 4.47. The van der Waals surface area contributed by atoms with Crippen LogP contribution in [0.25, 0.3) is 0 Å². The maximum Gasteiger partial charge on any atom is 0.251 e. The first kappa shape index (κ1) is 26.1. The third-order valence-electron chi connectivity index (χ3n) is 5.80. The molecule has 8 heteroatoms. The third kappa shape index (κ3) is 6.33. The fourth-order valence-electron chi connectivity index (χ4n) is 3.93. The van der Waals surface area contributed by atoms with Crippen molar-refractivity contribution in [3.05, 3.63) is 88.5 Å². The minimum Gasteiger partial charge on any atom is -0.493 e. The van der Waals surface area contributed by atoms with Gasteiger partial charge in [0, 0.05) is 12.1 Å². The van der Waals surface area contributed by atoms with Crippen LogP contribution in [0, 0.1) is 6.92 Å². The van der Waals surface area contributed by atoms with E-state index in [-0.39, 0.29) is 12.5 Å². The van der Waals surface area contributed by atoms with E-state index in [0.717, 1.165) is 28.7 Å². The minimum atomic E-state index is -3.51. The Balaban J connectivity index is 1.74. The molecular weight excluding hydrogens is 464 g/mol. The summed E-state index contributed by atoms with van der Waals surface area (Å²) in [5.74, 6) is 0.996. The lowest BCUT2D eigenvalue weighted by Gasteiger charge is -2.26. The highest BCUT2D eigenvalue weighted by Gasteiger charge is 2.22. The largest absolute Gasteiger partial charge is 0.493 e. The molecule has 7 nitrogen and oxygen atoms in total. The van der Waals surface area contributed by atoms with Crippen LogP contribution < -0.4 is 19.1 Å². The molecule has 0 heterocycles. The molecule has 1 amide bonds. The van der Waals surface area contributed by atoms with Gasteiger partial charge in [-0.1, -0.05) is 43.3 Å². The van der Waals surface area contributed by atoms with Gasteiger partial charge < -0.3 is 14.8 Å². The van der Waals surface area contributed by atoms with Crippen molar-refractivity contribution >= 4 is 21.6 Å². The van der Waals surface area contributed by atoms with Crippen LogP contribution in [0.2, 0.25) is 0 Å². The molecule has 186 valence electrons. The molecule has 0 aliphatic carbocycles. The molecule has 0 aliphatic heterocycles. The van der Waals surface area contributed by atoms with E-state index in [9.17, 15) is 13.2 Å². The van der Waals surface area contributed by atoms with E-state index < -0.39 is 10.0 Å². The molecule has 0 unspecified atom stereocenters. The predicted molar refractivity (Wildman–Crippen MR) is 139 cm³/mol. The molecule has 3 aromatic rings. The summed E-state index contributed by atoms with van der Waals surface area (Å²) in [5, 5.41) is 2.90. The third-order valence-corrected chi connectivity index (χ3v) is 6.91. The van der Waals surface area contributed by atoms with Gasteiger partial charge in [0.2, 0.25) is 10.0 Å². The van der Waals surface area contributed by atoms with Crippen molar-refractivity contribution in [1.29, 1.82) is 0 Å². The number of carbonyl (C=O) groups excluding carboxylic acids is 1. The lowest BCUT2D eigenvalue weighted by atomic mass is 10.1. The molecule has 0 saturated heterocycles. The van der Waals surface area contributed by atoms with Gasteiger partial charge in [0.15, 0.2) is 11.5 Å². The van der Waals surface area contributed by atoms with E-state index >= 15 is 0 Å². The molecular formula is C27H32N2O5S. The molecule has 0 bridgehead atoms. The summed E-state index contributed by atoms with van der Waals surface area (Å²) in [6, 6.07) is 18.3. The van der Waals surface area contributed by atoms with E-state index in [1.54, 1.807) is 44.6 Å². The van der Waals surface area contributed by atoms with Gasteiger partial charge in [0.1, 0.15) is 0 Å². The van der Waals surface area contributed by atoms with Gasteiger partial charge in [-0.05, 0) is 59.9 Å². The summed E-state index contributed by atoms with van der Waals surface area (Å²) in [4.78, 5) is 12.7. The molecule has 3 aromatic carbocycles. The quantitative estimate of drug-likeness (QED) is 0.448. The second-order valence-corrected chi connectivity index (χ2v) is 10.2. The van der Waals surface area contributed by atoms with Crippen LogP contribution >= 0.6 is 0 Å². The van der Waals surface area contributed by atoms with E-state index in [0.29, 0.717) is 29.3 Å². The lowest BCUT2D eigenvalue weighted by Crippen LogP contribution is -2.31. The van der Waals surface area contributed by atoms with Crippen molar-refractivity contribution in [1.82, 2.24) is 5.32 Å². The number of nitrogens with zero attached hydrogens (tertiary/aromatic N) is 1. The topological polar surface area (TPSA) is 84.9 Å². The molecule has 0 aromatic heterocycles. The summed E-state index contributed by atoms with van der Waals surface area (Å²) in [5.41, 5.74) is 4.75. The van der Waals surface area contributed by atoms with Gasteiger partial charge in [-0.2, -0.15) is 0 Å².